The molecule has 0 atom stereocenters. The number of nitrogens with one attached hydrogen (secondary N) is 2. The molecule has 0 aromatic heterocycles. The third-order valence-electron chi connectivity index (χ3n) is 3.36. The molecule has 0 bridgehead atoms. The number of hydrazine groups is 1. The topological polar surface area (TPSA) is 44.4 Å². The van der Waals surface area contributed by atoms with Gasteiger partial charge in [0.2, 0.25) is 5.91 Å². The Morgan fingerprint density at radius 2 is 1.80 bits per heavy atom. The van der Waals surface area contributed by atoms with Crippen LogP contribution in [0.25, 0.3) is 0 Å². The Morgan fingerprint density at radius 1 is 1.13 bits per heavy atom. The van der Waals surface area contributed by atoms with Crippen LogP contribution in [0.1, 0.15) is 32.1 Å². The number of amides is 1. The lowest BCUT2D eigenvalue weighted by Crippen LogP contribution is -2.53. The van der Waals surface area contributed by atoms with Crippen LogP contribution >= 0.6 is 0 Å². The van der Waals surface area contributed by atoms with Crippen molar-refractivity contribution < 1.29 is 4.79 Å². The predicted molar refractivity (Wildman–Crippen MR) is 59.2 cm³/mol. The van der Waals surface area contributed by atoms with E-state index in [1.165, 1.54) is 19.3 Å². The molecular formula is C11H21N3O. The van der Waals surface area contributed by atoms with Gasteiger partial charge in [0.1, 0.15) is 0 Å². The summed E-state index contributed by atoms with van der Waals surface area (Å²) in [5.41, 5.74) is 3.04. The van der Waals surface area contributed by atoms with Crippen molar-refractivity contribution in [2.75, 3.05) is 26.2 Å². The van der Waals surface area contributed by atoms with Crippen molar-refractivity contribution in [1.29, 1.82) is 0 Å². The smallest absolute Gasteiger partial charge is 0.237 e. The first-order valence-electron chi connectivity index (χ1n) is 6.12. The number of piperazine rings is 1. The van der Waals surface area contributed by atoms with Gasteiger partial charge in [0.05, 0.1) is 0 Å². The number of hydrogen-bond donors (Lipinski definition) is 2. The zero-order valence-electron chi connectivity index (χ0n) is 9.30. The molecule has 1 saturated heterocycles. The molecule has 1 saturated carbocycles. The molecule has 0 aromatic rings. The van der Waals surface area contributed by atoms with Gasteiger partial charge in [-0.05, 0) is 12.8 Å². The van der Waals surface area contributed by atoms with Crippen molar-refractivity contribution in [3.8, 4) is 0 Å². The van der Waals surface area contributed by atoms with Crippen molar-refractivity contribution in [2.24, 2.45) is 5.92 Å². The normalized spacial score (nSPS) is 25.1. The molecule has 1 aliphatic carbocycles. The minimum absolute atomic E-state index is 0.247. The monoisotopic (exact) mass is 211 g/mol. The fourth-order valence-electron chi connectivity index (χ4n) is 2.39. The standard InChI is InChI=1S/C11H21N3O/c15-11(10-4-2-1-3-5-10)13-14-8-6-12-7-9-14/h10,12H,1-9H2,(H,13,15). The fourth-order valence-corrected chi connectivity index (χ4v) is 2.39. The van der Waals surface area contributed by atoms with Crippen LogP contribution in [-0.4, -0.2) is 37.1 Å². The van der Waals surface area contributed by atoms with Crippen LogP contribution in [0.15, 0.2) is 0 Å². The first kappa shape index (κ1) is 10.9. The predicted octanol–water partition coefficient (Wildman–Crippen LogP) is 0.503. The van der Waals surface area contributed by atoms with E-state index in [0.29, 0.717) is 0 Å². The van der Waals surface area contributed by atoms with Gasteiger partial charge in [0, 0.05) is 32.1 Å². The number of nitrogens with zero attached hydrogens (tertiary/aromatic N) is 1. The molecule has 2 N–H and O–H groups in total. The molecule has 15 heavy (non-hydrogen) atoms. The second kappa shape index (κ2) is 5.47. The molecule has 2 aliphatic rings. The van der Waals surface area contributed by atoms with E-state index >= 15 is 0 Å². The maximum Gasteiger partial charge on any atom is 0.237 e. The number of rotatable bonds is 2. The second-order valence-corrected chi connectivity index (χ2v) is 4.55. The first-order chi connectivity index (χ1) is 7.36. The van der Waals surface area contributed by atoms with Gasteiger partial charge >= 0.3 is 0 Å². The maximum atomic E-state index is 11.9. The molecule has 0 aromatic carbocycles. The fraction of sp³-hybridized carbons (Fsp3) is 0.909. The van der Waals surface area contributed by atoms with E-state index in [9.17, 15) is 4.79 Å². The summed E-state index contributed by atoms with van der Waals surface area (Å²) in [5.74, 6) is 0.519. The van der Waals surface area contributed by atoms with Gasteiger partial charge in [0.25, 0.3) is 0 Å². The lowest BCUT2D eigenvalue weighted by Gasteiger charge is -2.30. The van der Waals surface area contributed by atoms with E-state index in [1.54, 1.807) is 0 Å². The Labute approximate surface area is 91.4 Å². The minimum atomic E-state index is 0.247. The van der Waals surface area contributed by atoms with Gasteiger partial charge in [-0.25, -0.2) is 5.01 Å². The summed E-state index contributed by atoms with van der Waals surface area (Å²) < 4.78 is 0. The third kappa shape index (κ3) is 3.18. The number of hydrogen-bond acceptors (Lipinski definition) is 3. The van der Waals surface area contributed by atoms with Gasteiger partial charge in [-0.1, -0.05) is 19.3 Å². The zero-order valence-corrected chi connectivity index (χ0v) is 9.30. The molecule has 1 heterocycles. The molecule has 0 unspecified atom stereocenters. The lowest BCUT2D eigenvalue weighted by atomic mass is 9.89. The molecule has 1 amide bonds. The van der Waals surface area contributed by atoms with E-state index in [2.05, 4.69) is 10.7 Å². The Morgan fingerprint density at radius 3 is 2.47 bits per heavy atom. The summed E-state index contributed by atoms with van der Waals surface area (Å²) in [4.78, 5) is 11.9. The average molecular weight is 211 g/mol. The van der Waals surface area contributed by atoms with E-state index in [0.717, 1.165) is 39.0 Å². The zero-order chi connectivity index (χ0) is 10.5. The Balaban J connectivity index is 1.74. The van der Waals surface area contributed by atoms with E-state index in [4.69, 9.17) is 0 Å². The molecular weight excluding hydrogens is 190 g/mol. The molecule has 4 nitrogen and oxygen atoms in total. The Hall–Kier alpha value is -0.610. The van der Waals surface area contributed by atoms with E-state index in [-0.39, 0.29) is 11.8 Å². The van der Waals surface area contributed by atoms with Gasteiger partial charge in [-0.2, -0.15) is 0 Å². The van der Waals surface area contributed by atoms with Crippen LogP contribution in [0, 0.1) is 5.92 Å². The summed E-state index contributed by atoms with van der Waals surface area (Å²) in [6, 6.07) is 0. The largest absolute Gasteiger partial charge is 0.314 e. The van der Waals surface area contributed by atoms with Crippen molar-refractivity contribution in [3.05, 3.63) is 0 Å². The molecule has 4 heteroatoms. The molecule has 2 rings (SSSR count). The van der Waals surface area contributed by atoms with Gasteiger partial charge in [0.15, 0.2) is 0 Å². The average Bonchev–Trinajstić information content (AvgIpc) is 2.31. The van der Waals surface area contributed by atoms with Gasteiger partial charge in [-0.3, -0.25) is 10.2 Å². The van der Waals surface area contributed by atoms with Crippen LogP contribution in [0.3, 0.4) is 0 Å². The quantitative estimate of drug-likeness (QED) is 0.699. The number of carbonyl (C=O) groups excluding carboxylic acids is 1. The summed E-state index contributed by atoms with van der Waals surface area (Å²) in [6.07, 6.45) is 5.91. The van der Waals surface area contributed by atoms with Crippen molar-refractivity contribution >= 4 is 5.91 Å². The highest BCUT2D eigenvalue weighted by molar-refractivity contribution is 5.78. The highest BCUT2D eigenvalue weighted by Crippen LogP contribution is 2.23. The summed E-state index contributed by atoms with van der Waals surface area (Å²) >= 11 is 0. The molecule has 1 aliphatic heterocycles. The Bertz CT molecular complexity index is 208. The van der Waals surface area contributed by atoms with Crippen LogP contribution in [-0.2, 0) is 4.79 Å². The van der Waals surface area contributed by atoms with Gasteiger partial charge in [-0.15, -0.1) is 0 Å². The highest BCUT2D eigenvalue weighted by Gasteiger charge is 2.22. The van der Waals surface area contributed by atoms with Crippen LogP contribution in [0.4, 0.5) is 0 Å². The molecule has 0 radical (unpaired) electrons. The summed E-state index contributed by atoms with van der Waals surface area (Å²) in [6.45, 7) is 3.81. The minimum Gasteiger partial charge on any atom is -0.314 e. The van der Waals surface area contributed by atoms with E-state index in [1.807, 2.05) is 5.01 Å². The summed E-state index contributed by atoms with van der Waals surface area (Å²) in [5, 5.41) is 5.32. The highest BCUT2D eigenvalue weighted by atomic mass is 16.2. The van der Waals surface area contributed by atoms with Gasteiger partial charge < -0.3 is 5.32 Å². The van der Waals surface area contributed by atoms with Crippen LogP contribution < -0.4 is 10.7 Å². The third-order valence-corrected chi connectivity index (χ3v) is 3.36. The van der Waals surface area contributed by atoms with Crippen molar-refractivity contribution in [3.63, 3.8) is 0 Å². The summed E-state index contributed by atoms with van der Waals surface area (Å²) in [7, 11) is 0. The first-order valence-corrected chi connectivity index (χ1v) is 6.12. The molecule has 86 valence electrons. The Kier molecular flexibility index (Phi) is 3.97. The second-order valence-electron chi connectivity index (χ2n) is 4.55. The van der Waals surface area contributed by atoms with Crippen molar-refractivity contribution in [1.82, 2.24) is 15.8 Å². The van der Waals surface area contributed by atoms with Crippen LogP contribution in [0.5, 0.6) is 0 Å². The lowest BCUT2D eigenvalue weighted by molar-refractivity contribution is -0.131. The number of carbonyl (C=O) groups is 1. The molecule has 0 spiro atoms. The molecule has 2 fully saturated rings. The van der Waals surface area contributed by atoms with Crippen molar-refractivity contribution in [2.45, 2.75) is 32.1 Å². The van der Waals surface area contributed by atoms with Crippen LogP contribution in [0.2, 0.25) is 0 Å². The maximum absolute atomic E-state index is 11.9. The SMILES string of the molecule is O=C(NN1CCNCC1)C1CCCCC1. The van der Waals surface area contributed by atoms with E-state index < -0.39 is 0 Å².